The van der Waals surface area contributed by atoms with Crippen LogP contribution in [0.25, 0.3) is 22.2 Å². The Hall–Kier alpha value is -3.66. The fraction of sp³-hybridized carbons (Fsp3) is 0. The van der Waals surface area contributed by atoms with E-state index in [1.807, 2.05) is 84.9 Å². The molecule has 4 rings (SSSR count). The largest absolute Gasteiger partial charge is 0.298 e. The highest BCUT2D eigenvalue weighted by Crippen LogP contribution is 2.24. The quantitative estimate of drug-likeness (QED) is 0.532. The first-order chi connectivity index (χ1) is 12.8. The Bertz CT molecular complexity index is 1060. The van der Waals surface area contributed by atoms with Crippen molar-refractivity contribution in [2.75, 3.05) is 5.43 Å². The lowest BCUT2D eigenvalue weighted by molar-refractivity contribution is 0.0963. The number of carbonyl (C=O) groups is 1. The molecular formula is C22H17N3O. The van der Waals surface area contributed by atoms with E-state index in [1.54, 1.807) is 6.07 Å². The summed E-state index contributed by atoms with van der Waals surface area (Å²) in [5.74, 6) is -0.209. The number of nitrogens with one attached hydrogen (secondary N) is 2. The number of para-hydroxylation sites is 2. The highest BCUT2D eigenvalue weighted by atomic mass is 16.2. The summed E-state index contributed by atoms with van der Waals surface area (Å²) in [6.45, 7) is 0. The molecule has 0 saturated heterocycles. The number of fused-ring (bicyclic) bond motifs is 1. The van der Waals surface area contributed by atoms with E-state index in [-0.39, 0.29) is 5.91 Å². The van der Waals surface area contributed by atoms with Crippen molar-refractivity contribution in [1.82, 2.24) is 10.4 Å². The number of hydrogen-bond donors (Lipinski definition) is 2. The number of benzene rings is 3. The Labute approximate surface area is 151 Å². The minimum atomic E-state index is -0.209. The van der Waals surface area contributed by atoms with Crippen LogP contribution in [0, 0.1) is 0 Å². The summed E-state index contributed by atoms with van der Waals surface area (Å²) in [7, 11) is 0. The minimum Gasteiger partial charge on any atom is -0.298 e. The number of pyridine rings is 1. The van der Waals surface area contributed by atoms with Gasteiger partial charge in [0, 0.05) is 10.9 Å². The Morgan fingerprint density at radius 3 is 2.35 bits per heavy atom. The lowest BCUT2D eigenvalue weighted by atomic mass is 10.0. The topological polar surface area (TPSA) is 54.0 Å². The van der Waals surface area contributed by atoms with Gasteiger partial charge in [-0.2, -0.15) is 0 Å². The molecule has 1 amide bonds. The average Bonchev–Trinajstić information content (AvgIpc) is 2.72. The second-order valence-electron chi connectivity index (χ2n) is 5.88. The van der Waals surface area contributed by atoms with Crippen LogP contribution >= 0.6 is 0 Å². The Morgan fingerprint density at radius 1 is 0.731 bits per heavy atom. The van der Waals surface area contributed by atoms with E-state index in [2.05, 4.69) is 10.9 Å². The van der Waals surface area contributed by atoms with Gasteiger partial charge in [0.1, 0.15) is 0 Å². The molecule has 0 spiro atoms. The smallest absolute Gasteiger partial charge is 0.270 e. The molecule has 0 fully saturated rings. The van der Waals surface area contributed by atoms with Gasteiger partial charge in [0.2, 0.25) is 0 Å². The van der Waals surface area contributed by atoms with Gasteiger partial charge in [-0.05, 0) is 30.3 Å². The van der Waals surface area contributed by atoms with E-state index in [0.29, 0.717) is 5.56 Å². The van der Waals surface area contributed by atoms with Gasteiger partial charge in [0.05, 0.1) is 22.5 Å². The lowest BCUT2D eigenvalue weighted by Gasteiger charge is -2.12. The maximum atomic E-state index is 12.7. The van der Waals surface area contributed by atoms with Crippen molar-refractivity contribution in [2.24, 2.45) is 0 Å². The van der Waals surface area contributed by atoms with E-state index in [4.69, 9.17) is 4.98 Å². The molecule has 0 atom stereocenters. The van der Waals surface area contributed by atoms with Gasteiger partial charge >= 0.3 is 0 Å². The molecule has 126 valence electrons. The highest BCUT2D eigenvalue weighted by Gasteiger charge is 2.13. The zero-order chi connectivity index (χ0) is 17.8. The lowest BCUT2D eigenvalue weighted by Crippen LogP contribution is -2.29. The van der Waals surface area contributed by atoms with Gasteiger partial charge in [-0.15, -0.1) is 0 Å². The van der Waals surface area contributed by atoms with Crippen LogP contribution in [0.4, 0.5) is 5.69 Å². The third-order valence-corrected chi connectivity index (χ3v) is 4.14. The summed E-state index contributed by atoms with van der Waals surface area (Å²) in [6, 6.07) is 28.9. The van der Waals surface area contributed by atoms with Crippen LogP contribution in [0.2, 0.25) is 0 Å². The molecule has 0 aliphatic heterocycles. The highest BCUT2D eigenvalue weighted by molar-refractivity contribution is 6.01. The van der Waals surface area contributed by atoms with Crippen LogP contribution in [-0.4, -0.2) is 10.9 Å². The summed E-state index contributed by atoms with van der Waals surface area (Å²) in [5.41, 5.74) is 9.54. The number of hydrogen-bond acceptors (Lipinski definition) is 3. The molecule has 4 heteroatoms. The first kappa shape index (κ1) is 15.8. The fourth-order valence-electron chi connectivity index (χ4n) is 2.84. The monoisotopic (exact) mass is 339 g/mol. The molecule has 0 aliphatic carbocycles. The molecule has 3 aromatic carbocycles. The van der Waals surface area contributed by atoms with Gasteiger partial charge in [-0.3, -0.25) is 15.6 Å². The molecule has 1 aromatic heterocycles. The third kappa shape index (κ3) is 3.26. The molecule has 0 unspecified atom stereocenters. The van der Waals surface area contributed by atoms with Crippen molar-refractivity contribution in [3.63, 3.8) is 0 Å². The van der Waals surface area contributed by atoms with Gasteiger partial charge in [0.15, 0.2) is 0 Å². The van der Waals surface area contributed by atoms with Crippen LogP contribution in [0.5, 0.6) is 0 Å². The maximum Gasteiger partial charge on any atom is 0.270 e. The van der Waals surface area contributed by atoms with E-state index in [9.17, 15) is 4.79 Å². The molecular weight excluding hydrogens is 322 g/mol. The molecule has 1 heterocycles. The summed E-state index contributed by atoms with van der Waals surface area (Å²) in [5, 5.41) is 1.07. The zero-order valence-electron chi connectivity index (χ0n) is 14.0. The predicted molar refractivity (Wildman–Crippen MR) is 105 cm³/mol. The van der Waals surface area contributed by atoms with Crippen molar-refractivity contribution < 1.29 is 4.79 Å². The van der Waals surface area contributed by atoms with Gasteiger partial charge < -0.3 is 0 Å². The van der Waals surface area contributed by atoms with Crippen molar-refractivity contribution >= 4 is 22.5 Å². The fourth-order valence-corrected chi connectivity index (χ4v) is 2.84. The van der Waals surface area contributed by atoms with Crippen molar-refractivity contribution in [1.29, 1.82) is 0 Å². The summed E-state index contributed by atoms with van der Waals surface area (Å²) >= 11 is 0. The van der Waals surface area contributed by atoms with Gasteiger partial charge in [0.25, 0.3) is 5.91 Å². The molecule has 0 aliphatic rings. The second-order valence-corrected chi connectivity index (χ2v) is 5.88. The van der Waals surface area contributed by atoms with Crippen LogP contribution in [0.15, 0.2) is 91.0 Å². The van der Waals surface area contributed by atoms with Crippen LogP contribution in [0.3, 0.4) is 0 Å². The van der Waals surface area contributed by atoms with E-state index < -0.39 is 0 Å². The van der Waals surface area contributed by atoms with Crippen LogP contribution in [0.1, 0.15) is 10.4 Å². The average molecular weight is 339 g/mol. The molecule has 4 nitrogen and oxygen atoms in total. The molecule has 0 radical (unpaired) electrons. The summed E-state index contributed by atoms with van der Waals surface area (Å²) in [6.07, 6.45) is 0. The van der Waals surface area contributed by atoms with E-state index in [0.717, 1.165) is 27.8 Å². The molecule has 4 aromatic rings. The standard InChI is InChI=1S/C22H17N3O/c26-22(25-24-17-9-2-1-3-10-17)19-12-6-5-11-18(19)21-15-14-16-8-4-7-13-20(16)23-21/h1-15,24H,(H,25,26). The number of nitrogens with zero attached hydrogens (tertiary/aromatic N) is 1. The number of rotatable bonds is 4. The van der Waals surface area contributed by atoms with E-state index in [1.165, 1.54) is 0 Å². The minimum absolute atomic E-state index is 0.209. The number of anilines is 1. The normalized spacial score (nSPS) is 10.5. The Kier molecular flexibility index (Phi) is 4.31. The first-order valence-electron chi connectivity index (χ1n) is 8.38. The van der Waals surface area contributed by atoms with Crippen LogP contribution in [-0.2, 0) is 0 Å². The first-order valence-corrected chi connectivity index (χ1v) is 8.38. The maximum absolute atomic E-state index is 12.7. The molecule has 2 N–H and O–H groups in total. The second kappa shape index (κ2) is 7.07. The van der Waals surface area contributed by atoms with Crippen molar-refractivity contribution in [3.05, 3.63) is 96.6 Å². The van der Waals surface area contributed by atoms with Crippen molar-refractivity contribution in [3.8, 4) is 11.3 Å². The van der Waals surface area contributed by atoms with E-state index >= 15 is 0 Å². The molecule has 0 bridgehead atoms. The van der Waals surface area contributed by atoms with Gasteiger partial charge in [-0.1, -0.05) is 60.7 Å². The third-order valence-electron chi connectivity index (χ3n) is 4.14. The zero-order valence-corrected chi connectivity index (χ0v) is 14.0. The molecule has 0 saturated carbocycles. The summed E-state index contributed by atoms with van der Waals surface area (Å²) < 4.78 is 0. The van der Waals surface area contributed by atoms with Crippen molar-refractivity contribution in [2.45, 2.75) is 0 Å². The molecule has 26 heavy (non-hydrogen) atoms. The number of hydrazine groups is 1. The summed E-state index contributed by atoms with van der Waals surface area (Å²) in [4.78, 5) is 17.4. The number of amides is 1. The van der Waals surface area contributed by atoms with Crippen LogP contribution < -0.4 is 10.9 Å². The Morgan fingerprint density at radius 2 is 1.46 bits per heavy atom. The SMILES string of the molecule is O=C(NNc1ccccc1)c1ccccc1-c1ccc2ccccc2n1. The Balaban J connectivity index is 1.64. The number of aromatic nitrogens is 1. The number of carbonyl (C=O) groups excluding carboxylic acids is 1. The van der Waals surface area contributed by atoms with Gasteiger partial charge in [-0.25, -0.2) is 4.98 Å². The predicted octanol–water partition coefficient (Wildman–Crippen LogP) is 4.66.